The number of hydrogen-bond acceptors (Lipinski definition) is 3. The zero-order valence-corrected chi connectivity index (χ0v) is 11.2. The Morgan fingerprint density at radius 2 is 1.79 bits per heavy atom. The van der Waals surface area contributed by atoms with E-state index in [1.807, 2.05) is 0 Å². The van der Waals surface area contributed by atoms with Crippen molar-refractivity contribution in [1.82, 2.24) is 5.32 Å². The van der Waals surface area contributed by atoms with Crippen molar-refractivity contribution in [2.75, 3.05) is 6.61 Å². The van der Waals surface area contributed by atoms with Crippen molar-refractivity contribution in [1.29, 1.82) is 0 Å². The highest BCUT2D eigenvalue weighted by atomic mass is 16.4. The zero-order chi connectivity index (χ0) is 13.8. The van der Waals surface area contributed by atoms with Gasteiger partial charge < -0.3 is 15.5 Å². The molecule has 2 aliphatic carbocycles. The van der Waals surface area contributed by atoms with Crippen molar-refractivity contribution in [3.8, 4) is 0 Å². The van der Waals surface area contributed by atoms with Crippen LogP contribution in [-0.2, 0) is 9.59 Å². The molecule has 4 atom stereocenters. The molecule has 3 N–H and O–H groups in total. The lowest BCUT2D eigenvalue weighted by molar-refractivity contribution is -0.144. The third kappa shape index (κ3) is 3.47. The SMILES string of the molecule is O=C(N[C@H](CO)C(=O)O)C1CCC2CCCCC2C1. The number of amides is 1. The van der Waals surface area contributed by atoms with E-state index in [4.69, 9.17) is 10.2 Å². The molecule has 2 fully saturated rings. The first-order valence-electron chi connectivity index (χ1n) is 7.26. The topological polar surface area (TPSA) is 86.6 Å². The molecule has 2 rings (SSSR count). The lowest BCUT2D eigenvalue weighted by Gasteiger charge is -2.38. The van der Waals surface area contributed by atoms with Crippen LogP contribution in [0.2, 0.25) is 0 Å². The zero-order valence-electron chi connectivity index (χ0n) is 11.2. The van der Waals surface area contributed by atoms with Gasteiger partial charge in [0.05, 0.1) is 6.61 Å². The van der Waals surface area contributed by atoms with E-state index in [0.717, 1.165) is 25.2 Å². The predicted octanol–water partition coefficient (Wildman–Crippen LogP) is 1.15. The Morgan fingerprint density at radius 1 is 1.11 bits per heavy atom. The van der Waals surface area contributed by atoms with E-state index in [1.54, 1.807) is 0 Å². The number of aliphatic carboxylic acids is 1. The Hall–Kier alpha value is -1.10. The molecular weight excluding hydrogens is 246 g/mol. The van der Waals surface area contributed by atoms with Gasteiger partial charge >= 0.3 is 5.97 Å². The highest BCUT2D eigenvalue weighted by Crippen LogP contribution is 2.42. The molecule has 2 aliphatic rings. The molecule has 0 radical (unpaired) electrons. The molecule has 5 nitrogen and oxygen atoms in total. The maximum absolute atomic E-state index is 12.1. The van der Waals surface area contributed by atoms with Crippen molar-refractivity contribution >= 4 is 11.9 Å². The first-order valence-corrected chi connectivity index (χ1v) is 7.26. The smallest absolute Gasteiger partial charge is 0.328 e. The molecule has 0 saturated heterocycles. The highest BCUT2D eigenvalue weighted by molar-refractivity contribution is 5.85. The molecular formula is C14H23NO4. The Morgan fingerprint density at radius 3 is 2.42 bits per heavy atom. The quantitative estimate of drug-likeness (QED) is 0.714. The van der Waals surface area contributed by atoms with E-state index in [9.17, 15) is 9.59 Å². The summed E-state index contributed by atoms with van der Waals surface area (Å²) in [6, 6.07) is -1.17. The van der Waals surface area contributed by atoms with Crippen molar-refractivity contribution in [2.45, 2.75) is 51.0 Å². The van der Waals surface area contributed by atoms with Crippen LogP contribution >= 0.6 is 0 Å². The minimum atomic E-state index is -1.18. The van der Waals surface area contributed by atoms with Gasteiger partial charge in [-0.25, -0.2) is 4.79 Å². The number of nitrogens with one attached hydrogen (secondary N) is 1. The van der Waals surface area contributed by atoms with Crippen LogP contribution in [0.15, 0.2) is 0 Å². The molecule has 108 valence electrons. The lowest BCUT2D eigenvalue weighted by Crippen LogP contribution is -2.47. The Kier molecular flexibility index (Phi) is 4.80. The van der Waals surface area contributed by atoms with Gasteiger partial charge in [-0.3, -0.25) is 4.79 Å². The Labute approximate surface area is 113 Å². The van der Waals surface area contributed by atoms with Gasteiger partial charge in [-0.15, -0.1) is 0 Å². The van der Waals surface area contributed by atoms with Crippen molar-refractivity contribution < 1.29 is 19.8 Å². The second kappa shape index (κ2) is 6.37. The molecule has 5 heteroatoms. The summed E-state index contributed by atoms with van der Waals surface area (Å²) in [5.74, 6) is -0.0537. The predicted molar refractivity (Wildman–Crippen MR) is 69.4 cm³/mol. The largest absolute Gasteiger partial charge is 0.480 e. The lowest BCUT2D eigenvalue weighted by atomic mass is 9.67. The van der Waals surface area contributed by atoms with Crippen LogP contribution in [0, 0.1) is 17.8 Å². The van der Waals surface area contributed by atoms with E-state index in [1.165, 1.54) is 25.7 Å². The van der Waals surface area contributed by atoms with Gasteiger partial charge in [-0.05, 0) is 31.1 Å². The third-order valence-electron chi connectivity index (χ3n) is 4.71. The normalized spacial score (nSPS) is 32.2. The average molecular weight is 269 g/mol. The first kappa shape index (κ1) is 14.3. The van der Waals surface area contributed by atoms with Gasteiger partial charge in [0.15, 0.2) is 0 Å². The average Bonchev–Trinajstić information content (AvgIpc) is 2.43. The van der Waals surface area contributed by atoms with Crippen LogP contribution in [0.4, 0.5) is 0 Å². The van der Waals surface area contributed by atoms with E-state index in [2.05, 4.69) is 5.32 Å². The third-order valence-corrected chi connectivity index (χ3v) is 4.71. The maximum Gasteiger partial charge on any atom is 0.328 e. The highest BCUT2D eigenvalue weighted by Gasteiger charge is 2.35. The second-order valence-electron chi connectivity index (χ2n) is 5.90. The standard InChI is InChI=1S/C14H23NO4/c16-8-12(14(18)19)15-13(17)11-6-5-9-3-1-2-4-10(9)7-11/h9-12,16H,1-8H2,(H,15,17)(H,18,19)/t9?,10?,11?,12-/m1/s1. The summed E-state index contributed by atoms with van der Waals surface area (Å²) >= 11 is 0. The van der Waals surface area contributed by atoms with Gasteiger partial charge in [0.1, 0.15) is 6.04 Å². The molecule has 0 aromatic carbocycles. The van der Waals surface area contributed by atoms with Gasteiger partial charge in [0.25, 0.3) is 0 Å². The number of fused-ring (bicyclic) bond motifs is 1. The van der Waals surface area contributed by atoms with Gasteiger partial charge in [-0.1, -0.05) is 25.7 Å². The van der Waals surface area contributed by atoms with E-state index in [0.29, 0.717) is 5.92 Å². The summed E-state index contributed by atoms with van der Waals surface area (Å²) in [6.07, 6.45) is 7.87. The van der Waals surface area contributed by atoms with Gasteiger partial charge in [0.2, 0.25) is 5.91 Å². The van der Waals surface area contributed by atoms with Crippen LogP contribution in [0.5, 0.6) is 0 Å². The summed E-state index contributed by atoms with van der Waals surface area (Å²) in [5, 5.41) is 20.2. The number of carboxylic acid groups (broad SMARTS) is 1. The number of carbonyl (C=O) groups excluding carboxylic acids is 1. The maximum atomic E-state index is 12.1. The van der Waals surface area contributed by atoms with E-state index in [-0.39, 0.29) is 11.8 Å². The molecule has 1 amide bonds. The number of carbonyl (C=O) groups is 2. The number of carboxylic acids is 1. The number of rotatable bonds is 4. The van der Waals surface area contributed by atoms with Crippen molar-refractivity contribution in [3.63, 3.8) is 0 Å². The molecule has 0 spiro atoms. The second-order valence-corrected chi connectivity index (χ2v) is 5.90. The summed E-state index contributed by atoms with van der Waals surface area (Å²) in [7, 11) is 0. The van der Waals surface area contributed by atoms with Crippen LogP contribution in [0.25, 0.3) is 0 Å². The van der Waals surface area contributed by atoms with Crippen LogP contribution in [0.3, 0.4) is 0 Å². The first-order chi connectivity index (χ1) is 9.11. The fourth-order valence-electron chi connectivity index (χ4n) is 3.59. The summed E-state index contributed by atoms with van der Waals surface area (Å²) in [5.41, 5.74) is 0. The summed E-state index contributed by atoms with van der Waals surface area (Å²) in [6.45, 7) is -0.556. The molecule has 19 heavy (non-hydrogen) atoms. The monoisotopic (exact) mass is 269 g/mol. The molecule has 0 aromatic heterocycles. The molecule has 0 aliphatic heterocycles. The molecule has 0 bridgehead atoms. The molecule has 0 aromatic rings. The molecule has 2 saturated carbocycles. The summed E-state index contributed by atoms with van der Waals surface area (Å²) in [4.78, 5) is 22.9. The van der Waals surface area contributed by atoms with E-state index < -0.39 is 18.6 Å². The minimum absolute atomic E-state index is 0.0762. The number of hydrogen-bond donors (Lipinski definition) is 3. The van der Waals surface area contributed by atoms with Gasteiger partial charge in [0, 0.05) is 5.92 Å². The minimum Gasteiger partial charge on any atom is -0.480 e. The van der Waals surface area contributed by atoms with Crippen molar-refractivity contribution in [2.24, 2.45) is 17.8 Å². The van der Waals surface area contributed by atoms with Gasteiger partial charge in [-0.2, -0.15) is 0 Å². The van der Waals surface area contributed by atoms with Crippen LogP contribution in [-0.4, -0.2) is 34.7 Å². The fraction of sp³-hybridized carbons (Fsp3) is 0.857. The summed E-state index contributed by atoms with van der Waals surface area (Å²) < 4.78 is 0. The number of aliphatic hydroxyl groups is 1. The molecule has 0 heterocycles. The Balaban J connectivity index is 1.88. The van der Waals surface area contributed by atoms with Crippen molar-refractivity contribution in [3.05, 3.63) is 0 Å². The van der Waals surface area contributed by atoms with Crippen LogP contribution < -0.4 is 5.32 Å². The van der Waals surface area contributed by atoms with Crippen LogP contribution in [0.1, 0.15) is 44.9 Å². The van der Waals surface area contributed by atoms with E-state index >= 15 is 0 Å². The molecule has 3 unspecified atom stereocenters. The fourth-order valence-corrected chi connectivity index (χ4v) is 3.59. The number of aliphatic hydroxyl groups excluding tert-OH is 1. The Bertz CT molecular complexity index is 344.